The molecule has 106 valence electrons. The number of carbonyl (C=O) groups is 1. The maximum atomic E-state index is 11.5. The number of likely N-dealkylation sites (N-methyl/N-ethyl adjacent to an activating group) is 1. The number of hydrogen-bond donors (Lipinski definition) is 2. The summed E-state index contributed by atoms with van der Waals surface area (Å²) in [5.41, 5.74) is 3.23. The van der Waals surface area contributed by atoms with Crippen LogP contribution in [-0.4, -0.2) is 55.6 Å². The van der Waals surface area contributed by atoms with E-state index in [1.54, 1.807) is 6.92 Å². The van der Waals surface area contributed by atoms with Gasteiger partial charge in [-0.2, -0.15) is 5.43 Å². The fourth-order valence-corrected chi connectivity index (χ4v) is 1.46. The third kappa shape index (κ3) is 8.22. The second-order valence-corrected chi connectivity index (χ2v) is 5.17. The summed E-state index contributed by atoms with van der Waals surface area (Å²) in [6, 6.07) is 0. The highest BCUT2D eigenvalue weighted by Crippen LogP contribution is 1.99. The minimum atomic E-state index is -0.595. The van der Waals surface area contributed by atoms with Gasteiger partial charge in [0.1, 0.15) is 12.6 Å². The van der Waals surface area contributed by atoms with E-state index in [2.05, 4.69) is 18.9 Å². The maximum Gasteiger partial charge on any atom is 0.290 e. The molecule has 5 heteroatoms. The fraction of sp³-hybridized carbons (Fsp3) is 0.769. The van der Waals surface area contributed by atoms with E-state index in [-0.39, 0.29) is 10.5 Å². The van der Waals surface area contributed by atoms with Crippen LogP contribution in [0, 0.1) is 0 Å². The monoisotopic (exact) mass is 259 g/mol. The Morgan fingerprint density at radius 1 is 1.50 bits per heavy atom. The first kappa shape index (κ1) is 17.1. The van der Waals surface area contributed by atoms with Crippen LogP contribution in [0.25, 0.3) is 0 Å². The smallest absolute Gasteiger partial charge is 0.290 e. The lowest BCUT2D eigenvalue weighted by Gasteiger charge is -2.30. The van der Waals surface area contributed by atoms with Gasteiger partial charge in [0, 0.05) is 12.2 Å². The third-order valence-corrected chi connectivity index (χ3v) is 2.41. The quantitative estimate of drug-likeness (QED) is 0.279. The molecule has 5 nitrogen and oxygen atoms in total. The van der Waals surface area contributed by atoms with Crippen molar-refractivity contribution in [3.8, 4) is 0 Å². The summed E-state index contributed by atoms with van der Waals surface area (Å²) in [5.74, 6) is -0.209. The second-order valence-electron chi connectivity index (χ2n) is 5.17. The summed E-state index contributed by atoms with van der Waals surface area (Å²) < 4.78 is 5.54. The largest absolute Gasteiger partial charge is 0.385 e. The van der Waals surface area contributed by atoms with Gasteiger partial charge in [-0.05, 0) is 13.3 Å². The third-order valence-electron chi connectivity index (χ3n) is 2.41. The molecule has 0 bridgehead atoms. The maximum absolute atomic E-state index is 11.5. The number of carbonyl (C=O) groups excluding carboxylic acids is 1. The van der Waals surface area contributed by atoms with Gasteiger partial charge in [0.15, 0.2) is 0 Å². The summed E-state index contributed by atoms with van der Waals surface area (Å²) in [6.45, 7) is 8.68. The lowest BCUT2D eigenvalue weighted by Crippen LogP contribution is -2.58. The predicted octanol–water partition coefficient (Wildman–Crippen LogP) is 0.848. The highest BCUT2D eigenvalue weighted by molar-refractivity contribution is 5.91. The molecule has 0 aromatic heterocycles. The van der Waals surface area contributed by atoms with Crippen LogP contribution < -0.4 is 5.43 Å². The number of amides is 1. The molecule has 0 spiro atoms. The van der Waals surface area contributed by atoms with Crippen LogP contribution in [0.15, 0.2) is 12.2 Å². The van der Waals surface area contributed by atoms with E-state index in [1.165, 1.54) is 0 Å². The standard InChI is InChI=1S/C13H26N2O3/c1-6-7-8-18-10-12(16)9-15(4,5)14-13(17)11(2)3/h12,16H,2,6-10H2,1,3-5H3/p+1. The average Bonchev–Trinajstić information content (AvgIpc) is 2.22. The molecule has 2 N–H and O–H groups in total. The van der Waals surface area contributed by atoms with Gasteiger partial charge in [0.2, 0.25) is 0 Å². The minimum Gasteiger partial charge on any atom is -0.385 e. The van der Waals surface area contributed by atoms with Crippen molar-refractivity contribution in [3.63, 3.8) is 0 Å². The molecule has 0 saturated carbocycles. The number of hydrogen-bond acceptors (Lipinski definition) is 3. The molecule has 1 atom stereocenters. The zero-order chi connectivity index (χ0) is 14.2. The van der Waals surface area contributed by atoms with Crippen LogP contribution in [-0.2, 0) is 9.53 Å². The van der Waals surface area contributed by atoms with E-state index >= 15 is 0 Å². The molecule has 0 aliphatic heterocycles. The van der Waals surface area contributed by atoms with Crippen molar-refractivity contribution in [2.24, 2.45) is 0 Å². The number of rotatable bonds is 9. The first-order valence-corrected chi connectivity index (χ1v) is 6.35. The normalized spacial score (nSPS) is 13.2. The molecule has 0 aliphatic carbocycles. The van der Waals surface area contributed by atoms with Gasteiger partial charge in [-0.3, -0.25) is 4.79 Å². The average molecular weight is 259 g/mol. The Labute approximate surface area is 110 Å². The molecule has 0 heterocycles. The molecule has 0 aromatic rings. The Bertz CT molecular complexity index is 277. The molecule has 0 rings (SSSR count). The first-order valence-electron chi connectivity index (χ1n) is 6.35. The van der Waals surface area contributed by atoms with Gasteiger partial charge < -0.3 is 9.84 Å². The van der Waals surface area contributed by atoms with Gasteiger partial charge in [-0.25, -0.2) is 4.59 Å². The number of unbranched alkanes of at least 4 members (excludes halogenated alkanes) is 1. The molecule has 0 saturated heterocycles. The van der Waals surface area contributed by atoms with Crippen LogP contribution in [0.4, 0.5) is 0 Å². The molecule has 0 aromatic carbocycles. The topological polar surface area (TPSA) is 58.6 Å². The van der Waals surface area contributed by atoms with Gasteiger partial charge in [-0.15, -0.1) is 0 Å². The van der Waals surface area contributed by atoms with Crippen LogP contribution in [0.1, 0.15) is 26.7 Å². The molecule has 0 radical (unpaired) electrons. The van der Waals surface area contributed by atoms with Crippen molar-refractivity contribution in [3.05, 3.63) is 12.2 Å². The van der Waals surface area contributed by atoms with Crippen LogP contribution in [0.5, 0.6) is 0 Å². The van der Waals surface area contributed by atoms with Crippen LogP contribution in [0.3, 0.4) is 0 Å². The summed E-state index contributed by atoms with van der Waals surface area (Å²) in [4.78, 5) is 11.5. The predicted molar refractivity (Wildman–Crippen MR) is 71.7 cm³/mol. The molecule has 1 amide bonds. The highest BCUT2D eigenvalue weighted by Gasteiger charge is 2.23. The number of nitrogens with zero attached hydrogens (tertiary/aromatic N) is 1. The molecule has 0 fully saturated rings. The minimum absolute atomic E-state index is 0.198. The molecule has 0 aliphatic rings. The Hall–Kier alpha value is -0.910. The van der Waals surface area contributed by atoms with Crippen LogP contribution >= 0.6 is 0 Å². The number of ether oxygens (including phenoxy) is 1. The summed E-state index contributed by atoms with van der Waals surface area (Å²) in [6.07, 6.45) is 1.48. The second kappa shape index (κ2) is 8.24. The zero-order valence-electron chi connectivity index (χ0n) is 12.0. The highest BCUT2D eigenvalue weighted by atomic mass is 16.5. The van der Waals surface area contributed by atoms with Gasteiger partial charge in [0.05, 0.1) is 20.7 Å². The van der Waals surface area contributed by atoms with Crippen molar-refractivity contribution in [1.29, 1.82) is 0 Å². The van der Waals surface area contributed by atoms with Crippen molar-refractivity contribution in [2.45, 2.75) is 32.8 Å². The van der Waals surface area contributed by atoms with E-state index in [1.807, 2.05) is 14.1 Å². The van der Waals surface area contributed by atoms with Crippen LogP contribution in [0.2, 0.25) is 0 Å². The van der Waals surface area contributed by atoms with Gasteiger partial charge in [0.25, 0.3) is 5.91 Å². The Balaban J connectivity index is 3.99. The van der Waals surface area contributed by atoms with E-state index in [0.29, 0.717) is 25.3 Å². The lowest BCUT2D eigenvalue weighted by atomic mass is 10.3. The molecule has 18 heavy (non-hydrogen) atoms. The Morgan fingerprint density at radius 3 is 2.61 bits per heavy atom. The van der Waals surface area contributed by atoms with E-state index in [9.17, 15) is 9.90 Å². The molecular formula is C13H27N2O3+. The Kier molecular flexibility index (Phi) is 7.82. The van der Waals surface area contributed by atoms with Crippen molar-refractivity contribution in [1.82, 2.24) is 5.43 Å². The molecular weight excluding hydrogens is 232 g/mol. The van der Waals surface area contributed by atoms with E-state index < -0.39 is 6.10 Å². The fourth-order valence-electron chi connectivity index (χ4n) is 1.46. The first-order chi connectivity index (χ1) is 8.28. The summed E-state index contributed by atoms with van der Waals surface area (Å²) >= 11 is 0. The van der Waals surface area contributed by atoms with Crippen molar-refractivity contribution >= 4 is 5.91 Å². The van der Waals surface area contributed by atoms with E-state index in [4.69, 9.17) is 4.74 Å². The van der Waals surface area contributed by atoms with Gasteiger partial charge in [-0.1, -0.05) is 19.9 Å². The lowest BCUT2D eigenvalue weighted by molar-refractivity contribution is -0.927. The van der Waals surface area contributed by atoms with Crippen molar-refractivity contribution < 1.29 is 19.2 Å². The SMILES string of the molecule is C=C(C)C(=O)N[N+](C)(C)CC(O)COCCCC. The number of quaternary nitrogens is 1. The number of aliphatic hydroxyl groups is 1. The Morgan fingerprint density at radius 2 is 2.11 bits per heavy atom. The summed E-state index contributed by atoms with van der Waals surface area (Å²) in [7, 11) is 3.63. The van der Waals surface area contributed by atoms with Crippen molar-refractivity contribution in [2.75, 3.05) is 33.9 Å². The zero-order valence-corrected chi connectivity index (χ0v) is 12.0. The van der Waals surface area contributed by atoms with Gasteiger partial charge >= 0.3 is 0 Å². The number of nitrogens with one attached hydrogen (secondary N) is 1. The van der Waals surface area contributed by atoms with E-state index in [0.717, 1.165) is 12.8 Å². The molecule has 1 unspecified atom stereocenters. The summed E-state index contributed by atoms with van der Waals surface area (Å²) in [5, 5.41) is 9.82. The number of aliphatic hydroxyl groups excluding tert-OH is 1.